The smallest absolute Gasteiger partial charge is 0.309 e. The van der Waals surface area contributed by atoms with Crippen LogP contribution in [0.25, 0.3) is 0 Å². The molecule has 1 saturated heterocycles. The summed E-state index contributed by atoms with van der Waals surface area (Å²) in [6.07, 6.45) is 0.829. The molecule has 0 aliphatic carbocycles. The third kappa shape index (κ3) is 5.91. The number of piperazine rings is 1. The zero-order chi connectivity index (χ0) is 18.9. The van der Waals surface area contributed by atoms with Crippen LogP contribution in [0, 0.1) is 0 Å². The summed E-state index contributed by atoms with van der Waals surface area (Å²) in [6, 6.07) is 8.05. The zero-order valence-electron chi connectivity index (χ0n) is 16.0. The molecule has 0 saturated carbocycles. The van der Waals surface area contributed by atoms with Crippen molar-refractivity contribution in [1.29, 1.82) is 0 Å². The molecule has 1 aliphatic heterocycles. The average molecular weight is 362 g/mol. The third-order valence-electron chi connectivity index (χ3n) is 4.36. The third-order valence-corrected chi connectivity index (χ3v) is 4.36. The fourth-order valence-corrected chi connectivity index (χ4v) is 3.02. The van der Waals surface area contributed by atoms with Crippen LogP contribution in [-0.2, 0) is 9.59 Å². The highest BCUT2D eigenvalue weighted by atomic mass is 16.5. The number of carbonyl (C=O) groups excluding carboxylic acids is 2. The second kappa shape index (κ2) is 10.0. The molecule has 0 atom stereocenters. The number of nitrogens with zero attached hydrogens (tertiary/aromatic N) is 2. The standard InChI is InChI=1S/C19H30N4O3/c1-15(2)21-19(25)18(24)20-9-6-10-22-11-13-23(14-12-22)16-7-4-5-8-17(16)26-3/h4-5,7-8,15H,6,9-14H2,1-3H3,(H,20,24)(H,21,25). The number of hydrogen-bond donors (Lipinski definition) is 2. The molecule has 0 unspecified atom stereocenters. The summed E-state index contributed by atoms with van der Waals surface area (Å²) in [5.41, 5.74) is 1.14. The van der Waals surface area contributed by atoms with Crippen molar-refractivity contribution in [2.45, 2.75) is 26.3 Å². The first-order chi connectivity index (χ1) is 12.5. The largest absolute Gasteiger partial charge is 0.495 e. The molecule has 0 spiro atoms. The van der Waals surface area contributed by atoms with E-state index in [1.165, 1.54) is 0 Å². The van der Waals surface area contributed by atoms with Crippen molar-refractivity contribution >= 4 is 17.5 Å². The van der Waals surface area contributed by atoms with Gasteiger partial charge in [0.15, 0.2) is 0 Å². The molecular formula is C19H30N4O3. The Morgan fingerprint density at radius 1 is 1.12 bits per heavy atom. The van der Waals surface area contributed by atoms with Crippen LogP contribution in [0.15, 0.2) is 24.3 Å². The highest BCUT2D eigenvalue weighted by Crippen LogP contribution is 2.28. The molecule has 7 nitrogen and oxygen atoms in total. The predicted molar refractivity (Wildman–Crippen MR) is 103 cm³/mol. The number of rotatable bonds is 7. The van der Waals surface area contributed by atoms with Gasteiger partial charge in [-0.2, -0.15) is 0 Å². The molecular weight excluding hydrogens is 332 g/mol. The molecule has 1 aromatic rings. The molecule has 2 N–H and O–H groups in total. The number of methoxy groups -OCH3 is 1. The number of nitrogens with one attached hydrogen (secondary N) is 2. The van der Waals surface area contributed by atoms with E-state index in [2.05, 4.69) is 26.5 Å². The van der Waals surface area contributed by atoms with E-state index < -0.39 is 11.8 Å². The monoisotopic (exact) mass is 362 g/mol. The number of para-hydroxylation sites is 2. The lowest BCUT2D eigenvalue weighted by atomic mass is 10.2. The fraction of sp³-hybridized carbons (Fsp3) is 0.579. The van der Waals surface area contributed by atoms with Gasteiger partial charge in [0.25, 0.3) is 0 Å². The van der Waals surface area contributed by atoms with Crippen LogP contribution in [0.2, 0.25) is 0 Å². The molecule has 26 heavy (non-hydrogen) atoms. The van der Waals surface area contributed by atoms with Gasteiger partial charge in [0.05, 0.1) is 12.8 Å². The van der Waals surface area contributed by atoms with E-state index >= 15 is 0 Å². The molecule has 2 rings (SSSR count). The van der Waals surface area contributed by atoms with Crippen LogP contribution in [0.3, 0.4) is 0 Å². The molecule has 1 fully saturated rings. The van der Waals surface area contributed by atoms with Crippen molar-refractivity contribution in [1.82, 2.24) is 15.5 Å². The molecule has 0 aromatic heterocycles. The minimum Gasteiger partial charge on any atom is -0.495 e. The van der Waals surface area contributed by atoms with Crippen molar-refractivity contribution < 1.29 is 14.3 Å². The number of benzene rings is 1. The first kappa shape index (κ1) is 20.0. The van der Waals surface area contributed by atoms with Crippen molar-refractivity contribution in [3.63, 3.8) is 0 Å². The van der Waals surface area contributed by atoms with Gasteiger partial charge in [-0.1, -0.05) is 12.1 Å². The van der Waals surface area contributed by atoms with Gasteiger partial charge in [-0.15, -0.1) is 0 Å². The Balaban J connectivity index is 1.66. The van der Waals surface area contributed by atoms with Crippen molar-refractivity contribution in [2.24, 2.45) is 0 Å². The van der Waals surface area contributed by atoms with Gasteiger partial charge in [-0.3, -0.25) is 14.5 Å². The normalized spacial score (nSPS) is 15.0. The first-order valence-electron chi connectivity index (χ1n) is 9.20. The van der Waals surface area contributed by atoms with Gasteiger partial charge in [-0.05, 0) is 38.9 Å². The fourth-order valence-electron chi connectivity index (χ4n) is 3.02. The molecule has 7 heteroatoms. The number of anilines is 1. The molecule has 144 valence electrons. The second-order valence-corrected chi connectivity index (χ2v) is 6.74. The highest BCUT2D eigenvalue weighted by molar-refractivity contribution is 6.35. The van der Waals surface area contributed by atoms with E-state index in [0.717, 1.165) is 50.6 Å². The molecule has 2 amide bonds. The summed E-state index contributed by atoms with van der Waals surface area (Å²) in [4.78, 5) is 27.9. The zero-order valence-corrected chi connectivity index (χ0v) is 16.0. The van der Waals surface area contributed by atoms with E-state index in [-0.39, 0.29) is 6.04 Å². The van der Waals surface area contributed by atoms with Gasteiger partial charge in [0.1, 0.15) is 5.75 Å². The van der Waals surface area contributed by atoms with Crippen LogP contribution in [-0.4, -0.2) is 69.1 Å². The summed E-state index contributed by atoms with van der Waals surface area (Å²) in [7, 11) is 1.70. The Hall–Kier alpha value is -2.28. The maximum Gasteiger partial charge on any atom is 0.309 e. The van der Waals surface area contributed by atoms with Crippen molar-refractivity contribution in [3.05, 3.63) is 24.3 Å². The van der Waals surface area contributed by atoms with E-state index in [1.54, 1.807) is 7.11 Å². The van der Waals surface area contributed by atoms with E-state index in [0.29, 0.717) is 6.54 Å². The SMILES string of the molecule is COc1ccccc1N1CCN(CCCNC(=O)C(=O)NC(C)C)CC1. The maximum atomic E-state index is 11.6. The van der Waals surface area contributed by atoms with Crippen molar-refractivity contribution in [3.8, 4) is 5.75 Å². The van der Waals surface area contributed by atoms with Gasteiger partial charge in [-0.25, -0.2) is 0 Å². The lowest BCUT2D eigenvalue weighted by Crippen LogP contribution is -2.47. The Morgan fingerprint density at radius 2 is 1.81 bits per heavy atom. The molecule has 1 heterocycles. The van der Waals surface area contributed by atoms with E-state index in [9.17, 15) is 9.59 Å². The Labute approximate surface area is 155 Å². The van der Waals surface area contributed by atoms with Crippen LogP contribution in [0.4, 0.5) is 5.69 Å². The van der Waals surface area contributed by atoms with Gasteiger partial charge in [0, 0.05) is 38.8 Å². The van der Waals surface area contributed by atoms with E-state index in [1.807, 2.05) is 32.0 Å². The highest BCUT2D eigenvalue weighted by Gasteiger charge is 2.19. The number of amides is 2. The van der Waals surface area contributed by atoms with Crippen molar-refractivity contribution in [2.75, 3.05) is 51.3 Å². The molecule has 1 aromatic carbocycles. The Morgan fingerprint density at radius 3 is 2.46 bits per heavy atom. The lowest BCUT2D eigenvalue weighted by Gasteiger charge is -2.36. The summed E-state index contributed by atoms with van der Waals surface area (Å²) < 4.78 is 5.44. The topological polar surface area (TPSA) is 73.9 Å². The summed E-state index contributed by atoms with van der Waals surface area (Å²) in [5, 5.41) is 5.26. The number of hydrogen-bond acceptors (Lipinski definition) is 5. The molecule has 1 aliphatic rings. The Bertz CT molecular complexity index is 598. The van der Waals surface area contributed by atoms with Gasteiger partial charge < -0.3 is 20.3 Å². The summed E-state index contributed by atoms with van der Waals surface area (Å²) in [6.45, 7) is 8.92. The van der Waals surface area contributed by atoms with Crippen LogP contribution < -0.4 is 20.3 Å². The average Bonchev–Trinajstić information content (AvgIpc) is 2.65. The van der Waals surface area contributed by atoms with Crippen LogP contribution in [0.1, 0.15) is 20.3 Å². The first-order valence-corrected chi connectivity index (χ1v) is 9.20. The molecule has 0 bridgehead atoms. The summed E-state index contributed by atoms with van der Waals surface area (Å²) in [5.74, 6) is -0.214. The van der Waals surface area contributed by atoms with Crippen LogP contribution in [0.5, 0.6) is 5.75 Å². The summed E-state index contributed by atoms with van der Waals surface area (Å²) >= 11 is 0. The minimum atomic E-state index is -0.564. The van der Waals surface area contributed by atoms with Gasteiger partial charge >= 0.3 is 11.8 Å². The minimum absolute atomic E-state index is 0.0345. The van der Waals surface area contributed by atoms with Crippen LogP contribution >= 0.6 is 0 Å². The second-order valence-electron chi connectivity index (χ2n) is 6.74. The lowest BCUT2D eigenvalue weighted by molar-refractivity contribution is -0.139. The molecule has 0 radical (unpaired) electrons. The number of carbonyl (C=O) groups is 2. The van der Waals surface area contributed by atoms with E-state index in [4.69, 9.17) is 4.74 Å². The number of ether oxygens (including phenoxy) is 1. The van der Waals surface area contributed by atoms with Gasteiger partial charge in [0.2, 0.25) is 0 Å². The predicted octanol–water partition coefficient (Wildman–Crippen LogP) is 0.848. The maximum absolute atomic E-state index is 11.6. The Kier molecular flexibility index (Phi) is 7.72. The quantitative estimate of drug-likeness (QED) is 0.556.